The first kappa shape index (κ1) is 14.7. The van der Waals surface area contributed by atoms with Crippen LogP contribution in [0.3, 0.4) is 0 Å². The quantitative estimate of drug-likeness (QED) is 0.675. The molecule has 1 N–H and O–H groups in total. The highest BCUT2D eigenvalue weighted by atomic mass is 16.6. The van der Waals surface area contributed by atoms with Crippen molar-refractivity contribution in [2.45, 2.75) is 44.7 Å². The predicted octanol–water partition coefficient (Wildman–Crippen LogP) is 2.27. The average Bonchev–Trinajstić information content (AvgIpc) is 2.46. The van der Waals surface area contributed by atoms with Gasteiger partial charge in [0.25, 0.3) is 5.69 Å². The Balaban J connectivity index is 2.08. The molecule has 0 atom stereocenters. The van der Waals surface area contributed by atoms with Crippen LogP contribution in [0.4, 0.5) is 11.5 Å². The van der Waals surface area contributed by atoms with E-state index in [9.17, 15) is 10.1 Å². The van der Waals surface area contributed by atoms with Crippen molar-refractivity contribution in [1.82, 2.24) is 10.3 Å². The van der Waals surface area contributed by atoms with Crippen molar-refractivity contribution in [2.75, 3.05) is 19.0 Å². The number of aryl methyl sites for hydroxylation is 1. The van der Waals surface area contributed by atoms with E-state index in [0.29, 0.717) is 17.6 Å². The number of aromatic nitrogens is 1. The molecule has 20 heavy (non-hydrogen) atoms. The summed E-state index contributed by atoms with van der Waals surface area (Å²) in [6.07, 6.45) is 5.94. The third kappa shape index (κ3) is 3.07. The summed E-state index contributed by atoms with van der Waals surface area (Å²) in [4.78, 5) is 16.8. The second-order valence-corrected chi connectivity index (χ2v) is 5.49. The second-order valence-electron chi connectivity index (χ2n) is 5.49. The molecule has 110 valence electrons. The smallest absolute Gasteiger partial charge is 0.290 e. The minimum atomic E-state index is -0.385. The van der Waals surface area contributed by atoms with Crippen LogP contribution < -0.4 is 10.2 Å². The monoisotopic (exact) mass is 278 g/mol. The van der Waals surface area contributed by atoms with E-state index >= 15 is 0 Å². The van der Waals surface area contributed by atoms with Crippen molar-refractivity contribution in [1.29, 1.82) is 0 Å². The lowest BCUT2D eigenvalue weighted by Crippen LogP contribution is -2.40. The first-order chi connectivity index (χ1) is 9.52. The highest BCUT2D eigenvalue weighted by Gasteiger charge is 2.24. The molecule has 6 nitrogen and oxygen atoms in total. The molecule has 1 saturated carbocycles. The van der Waals surface area contributed by atoms with E-state index in [0.717, 1.165) is 31.5 Å². The third-order valence-electron chi connectivity index (χ3n) is 4.28. The molecule has 1 aromatic heterocycles. The highest BCUT2D eigenvalue weighted by Crippen LogP contribution is 2.27. The zero-order chi connectivity index (χ0) is 14.7. The molecule has 0 spiro atoms. The van der Waals surface area contributed by atoms with E-state index in [-0.39, 0.29) is 10.6 Å². The van der Waals surface area contributed by atoms with Gasteiger partial charge < -0.3 is 10.2 Å². The van der Waals surface area contributed by atoms with Gasteiger partial charge in [-0.15, -0.1) is 0 Å². The SMILES string of the molecule is CNC1CCC(N(C)c2cc(C)c([N+](=O)[O-])cn2)CC1. The fourth-order valence-corrected chi connectivity index (χ4v) is 2.86. The maximum atomic E-state index is 10.8. The Labute approximate surface area is 119 Å². The van der Waals surface area contributed by atoms with Crippen LogP contribution >= 0.6 is 0 Å². The largest absolute Gasteiger partial charge is 0.357 e. The first-order valence-electron chi connectivity index (χ1n) is 7.04. The fraction of sp³-hybridized carbons (Fsp3) is 0.643. The molecule has 1 aliphatic carbocycles. The zero-order valence-corrected chi connectivity index (χ0v) is 12.3. The van der Waals surface area contributed by atoms with Crippen LogP contribution in [0.5, 0.6) is 0 Å². The Hall–Kier alpha value is -1.69. The first-order valence-corrected chi connectivity index (χ1v) is 7.04. The summed E-state index contributed by atoms with van der Waals surface area (Å²) >= 11 is 0. The average molecular weight is 278 g/mol. The molecular formula is C14H22N4O2. The topological polar surface area (TPSA) is 71.3 Å². The van der Waals surface area contributed by atoms with Crippen molar-refractivity contribution in [3.8, 4) is 0 Å². The Kier molecular flexibility index (Phi) is 4.54. The zero-order valence-electron chi connectivity index (χ0n) is 12.3. The summed E-state index contributed by atoms with van der Waals surface area (Å²) in [5, 5.41) is 14.1. The second kappa shape index (κ2) is 6.17. The summed E-state index contributed by atoms with van der Waals surface area (Å²) in [7, 11) is 4.04. The molecule has 0 unspecified atom stereocenters. The van der Waals surface area contributed by atoms with E-state index in [1.54, 1.807) is 6.92 Å². The fourth-order valence-electron chi connectivity index (χ4n) is 2.86. The van der Waals surface area contributed by atoms with Gasteiger partial charge in [-0.3, -0.25) is 10.1 Å². The molecule has 0 radical (unpaired) electrons. The van der Waals surface area contributed by atoms with Gasteiger partial charge >= 0.3 is 0 Å². The number of nitrogens with zero attached hydrogens (tertiary/aromatic N) is 3. The van der Waals surface area contributed by atoms with E-state index < -0.39 is 0 Å². The molecule has 2 rings (SSSR count). The van der Waals surface area contributed by atoms with Crippen molar-refractivity contribution < 1.29 is 4.92 Å². The van der Waals surface area contributed by atoms with Crippen LogP contribution in [0.15, 0.2) is 12.3 Å². The summed E-state index contributed by atoms with van der Waals surface area (Å²) in [5.74, 6) is 0.820. The van der Waals surface area contributed by atoms with Crippen LogP contribution in [-0.4, -0.2) is 36.1 Å². The van der Waals surface area contributed by atoms with Crippen LogP contribution in [0.25, 0.3) is 0 Å². The van der Waals surface area contributed by atoms with Gasteiger partial charge in [0.05, 0.1) is 4.92 Å². The summed E-state index contributed by atoms with van der Waals surface area (Å²) in [6, 6.07) is 2.89. The molecular weight excluding hydrogens is 256 g/mol. The molecule has 0 aromatic carbocycles. The van der Waals surface area contributed by atoms with Crippen molar-refractivity contribution in [3.63, 3.8) is 0 Å². The van der Waals surface area contributed by atoms with Gasteiger partial charge in [-0.2, -0.15) is 0 Å². The van der Waals surface area contributed by atoms with Gasteiger partial charge in [0.15, 0.2) is 0 Å². The number of anilines is 1. The minimum Gasteiger partial charge on any atom is -0.357 e. The van der Waals surface area contributed by atoms with E-state index in [2.05, 4.69) is 15.2 Å². The summed E-state index contributed by atoms with van der Waals surface area (Å²) in [6.45, 7) is 1.76. The summed E-state index contributed by atoms with van der Waals surface area (Å²) in [5.41, 5.74) is 0.747. The standard InChI is InChI=1S/C14H22N4O2/c1-10-8-14(16-9-13(10)18(19)20)17(3)12-6-4-11(15-2)5-7-12/h8-9,11-12,15H,4-7H2,1-3H3. The van der Waals surface area contributed by atoms with Gasteiger partial charge in [-0.1, -0.05) is 0 Å². The normalized spacial score (nSPS) is 22.6. The number of pyridine rings is 1. The van der Waals surface area contributed by atoms with Gasteiger partial charge in [0.1, 0.15) is 12.0 Å². The van der Waals surface area contributed by atoms with Gasteiger partial charge in [-0.25, -0.2) is 4.98 Å². The van der Waals surface area contributed by atoms with E-state index in [1.807, 2.05) is 20.2 Å². The van der Waals surface area contributed by atoms with Gasteiger partial charge in [0, 0.05) is 24.7 Å². The van der Waals surface area contributed by atoms with Crippen molar-refractivity contribution >= 4 is 11.5 Å². The Morgan fingerprint density at radius 3 is 2.55 bits per heavy atom. The lowest BCUT2D eigenvalue weighted by atomic mass is 9.90. The molecule has 6 heteroatoms. The number of hydrogen-bond acceptors (Lipinski definition) is 5. The Morgan fingerprint density at radius 2 is 2.05 bits per heavy atom. The maximum Gasteiger partial charge on any atom is 0.290 e. The Bertz CT molecular complexity index is 484. The van der Waals surface area contributed by atoms with E-state index in [4.69, 9.17) is 0 Å². The number of nitro groups is 1. The van der Waals surface area contributed by atoms with Gasteiger partial charge in [0.2, 0.25) is 0 Å². The molecule has 1 heterocycles. The number of rotatable bonds is 4. The van der Waals surface area contributed by atoms with Crippen LogP contribution in [0, 0.1) is 17.0 Å². The third-order valence-corrected chi connectivity index (χ3v) is 4.28. The van der Waals surface area contributed by atoms with Crippen LogP contribution in [0.2, 0.25) is 0 Å². The highest BCUT2D eigenvalue weighted by molar-refractivity contribution is 5.48. The predicted molar refractivity (Wildman–Crippen MR) is 79.1 cm³/mol. The minimum absolute atomic E-state index is 0.0843. The molecule has 1 fully saturated rings. The Morgan fingerprint density at radius 1 is 1.40 bits per heavy atom. The molecule has 0 amide bonds. The van der Waals surface area contributed by atoms with E-state index in [1.165, 1.54) is 6.20 Å². The lowest BCUT2D eigenvalue weighted by molar-refractivity contribution is -0.385. The van der Waals surface area contributed by atoms with Gasteiger partial charge in [-0.05, 0) is 45.7 Å². The summed E-state index contributed by atoms with van der Waals surface area (Å²) < 4.78 is 0. The lowest BCUT2D eigenvalue weighted by Gasteiger charge is -2.35. The number of hydrogen-bond donors (Lipinski definition) is 1. The van der Waals surface area contributed by atoms with Crippen molar-refractivity contribution in [2.24, 2.45) is 0 Å². The molecule has 0 bridgehead atoms. The maximum absolute atomic E-state index is 10.8. The van der Waals surface area contributed by atoms with Crippen molar-refractivity contribution in [3.05, 3.63) is 27.9 Å². The van der Waals surface area contributed by atoms with Crippen LogP contribution in [-0.2, 0) is 0 Å². The molecule has 0 saturated heterocycles. The number of nitrogens with one attached hydrogen (secondary N) is 1. The molecule has 1 aromatic rings. The molecule has 1 aliphatic rings. The van der Waals surface area contributed by atoms with Crippen LogP contribution in [0.1, 0.15) is 31.2 Å². The molecule has 0 aliphatic heterocycles.